The van der Waals surface area contributed by atoms with Crippen LogP contribution in [0.3, 0.4) is 0 Å². The molecule has 0 saturated carbocycles. The molecule has 19 heavy (non-hydrogen) atoms. The molecule has 0 saturated heterocycles. The number of rotatable bonds is 3. The van der Waals surface area contributed by atoms with E-state index < -0.39 is 0 Å². The lowest BCUT2D eigenvalue weighted by Crippen LogP contribution is -1.95. The van der Waals surface area contributed by atoms with E-state index in [0.717, 1.165) is 28.5 Å². The Kier molecular flexibility index (Phi) is 3.60. The molecular weight excluding hydrogens is 298 g/mol. The molecule has 94 valence electrons. The molecule has 0 spiro atoms. The van der Waals surface area contributed by atoms with Crippen molar-refractivity contribution in [2.24, 2.45) is 0 Å². The Hall–Kier alpha value is -1.67. The Morgan fingerprint density at radius 2 is 1.58 bits per heavy atom. The molecule has 1 nitrogen and oxygen atoms in total. The topological polar surface area (TPSA) is 12.9 Å². The van der Waals surface area contributed by atoms with Crippen LogP contribution in [0.5, 0.6) is 0 Å². The fourth-order valence-electron chi connectivity index (χ4n) is 2.23. The third-order valence-corrected chi connectivity index (χ3v) is 3.89. The van der Waals surface area contributed by atoms with Crippen LogP contribution < -0.4 is 0 Å². The van der Waals surface area contributed by atoms with Gasteiger partial charge in [0.2, 0.25) is 0 Å². The second-order valence-corrected chi connectivity index (χ2v) is 5.45. The molecule has 2 heteroatoms. The summed E-state index contributed by atoms with van der Waals surface area (Å²) in [6.45, 7) is 0. The summed E-state index contributed by atoms with van der Waals surface area (Å²) in [5, 5.41) is 1.17. The molecule has 0 radical (unpaired) electrons. The van der Waals surface area contributed by atoms with Gasteiger partial charge in [0, 0.05) is 15.6 Å². The zero-order chi connectivity index (χ0) is 13.1. The number of fused-ring (bicyclic) bond motifs is 1. The molecule has 0 aliphatic heterocycles. The molecular formula is C17H14BrN. The van der Waals surface area contributed by atoms with Gasteiger partial charge in [0.15, 0.2) is 0 Å². The number of aryl methyl sites for hydroxylation is 2. The van der Waals surface area contributed by atoms with Crippen LogP contribution in [-0.4, -0.2) is 4.98 Å². The van der Waals surface area contributed by atoms with Crippen molar-refractivity contribution < 1.29 is 0 Å². The van der Waals surface area contributed by atoms with Crippen LogP contribution in [0, 0.1) is 0 Å². The van der Waals surface area contributed by atoms with Crippen molar-refractivity contribution in [1.29, 1.82) is 0 Å². The standard InChI is InChI=1S/C17H14BrN/c18-16-12-14(11-10-13-6-2-1-3-7-13)19-17-9-5-4-8-15(16)17/h1-9,12H,10-11H2. The van der Waals surface area contributed by atoms with Crippen LogP contribution in [0.1, 0.15) is 11.3 Å². The Balaban J connectivity index is 1.85. The first-order valence-electron chi connectivity index (χ1n) is 6.41. The highest BCUT2D eigenvalue weighted by Crippen LogP contribution is 2.23. The van der Waals surface area contributed by atoms with Gasteiger partial charge < -0.3 is 0 Å². The van der Waals surface area contributed by atoms with Gasteiger partial charge in [0.25, 0.3) is 0 Å². The lowest BCUT2D eigenvalue weighted by molar-refractivity contribution is 0.921. The Bertz CT molecular complexity index is 692. The number of hydrogen-bond acceptors (Lipinski definition) is 1. The lowest BCUT2D eigenvalue weighted by Gasteiger charge is -2.05. The van der Waals surface area contributed by atoms with Crippen LogP contribution in [-0.2, 0) is 12.8 Å². The van der Waals surface area contributed by atoms with Crippen molar-refractivity contribution in [3.05, 3.63) is 76.4 Å². The van der Waals surface area contributed by atoms with Crippen molar-refractivity contribution in [1.82, 2.24) is 4.98 Å². The fraction of sp³-hybridized carbons (Fsp3) is 0.118. The predicted octanol–water partition coefficient (Wildman–Crippen LogP) is 4.78. The van der Waals surface area contributed by atoms with Crippen LogP contribution in [0.25, 0.3) is 10.9 Å². The quantitative estimate of drug-likeness (QED) is 0.678. The number of nitrogens with zero attached hydrogens (tertiary/aromatic N) is 1. The van der Waals surface area contributed by atoms with Crippen LogP contribution in [0.4, 0.5) is 0 Å². The minimum absolute atomic E-state index is 0.966. The first-order valence-corrected chi connectivity index (χ1v) is 7.20. The summed E-state index contributed by atoms with van der Waals surface area (Å²) in [6.07, 6.45) is 1.99. The van der Waals surface area contributed by atoms with E-state index in [-0.39, 0.29) is 0 Å². The number of aromatic nitrogens is 1. The third kappa shape index (κ3) is 2.85. The molecule has 0 unspecified atom stereocenters. The number of halogens is 1. The van der Waals surface area contributed by atoms with Gasteiger partial charge in [0.1, 0.15) is 0 Å². The van der Waals surface area contributed by atoms with Gasteiger partial charge >= 0.3 is 0 Å². The Labute approximate surface area is 121 Å². The average Bonchev–Trinajstić information content (AvgIpc) is 2.46. The van der Waals surface area contributed by atoms with E-state index in [4.69, 9.17) is 4.98 Å². The predicted molar refractivity (Wildman–Crippen MR) is 83.3 cm³/mol. The molecule has 0 N–H and O–H groups in total. The van der Waals surface area contributed by atoms with E-state index in [1.165, 1.54) is 10.9 Å². The van der Waals surface area contributed by atoms with Crippen molar-refractivity contribution in [3.8, 4) is 0 Å². The molecule has 0 amide bonds. The molecule has 2 aromatic carbocycles. The number of pyridine rings is 1. The normalized spacial score (nSPS) is 10.8. The molecule has 0 bridgehead atoms. The minimum atomic E-state index is 0.966. The monoisotopic (exact) mass is 311 g/mol. The highest BCUT2D eigenvalue weighted by Gasteiger charge is 2.03. The van der Waals surface area contributed by atoms with Crippen molar-refractivity contribution in [2.75, 3.05) is 0 Å². The zero-order valence-electron chi connectivity index (χ0n) is 10.5. The van der Waals surface area contributed by atoms with E-state index in [0.29, 0.717) is 0 Å². The van der Waals surface area contributed by atoms with E-state index in [9.17, 15) is 0 Å². The van der Waals surface area contributed by atoms with Gasteiger partial charge in [0.05, 0.1) is 5.52 Å². The van der Waals surface area contributed by atoms with E-state index in [1.807, 2.05) is 18.2 Å². The highest BCUT2D eigenvalue weighted by molar-refractivity contribution is 9.10. The SMILES string of the molecule is Brc1cc(CCc2ccccc2)nc2ccccc12. The first kappa shape index (κ1) is 12.4. The molecule has 0 aliphatic carbocycles. The summed E-state index contributed by atoms with van der Waals surface area (Å²) in [5.74, 6) is 0. The van der Waals surface area contributed by atoms with E-state index in [2.05, 4.69) is 58.4 Å². The zero-order valence-corrected chi connectivity index (χ0v) is 12.1. The second kappa shape index (κ2) is 5.54. The number of para-hydroxylation sites is 1. The maximum Gasteiger partial charge on any atom is 0.0716 e. The van der Waals surface area contributed by atoms with Crippen LogP contribution in [0.2, 0.25) is 0 Å². The third-order valence-electron chi connectivity index (χ3n) is 3.23. The van der Waals surface area contributed by atoms with Crippen LogP contribution in [0.15, 0.2) is 65.1 Å². The molecule has 0 fully saturated rings. The smallest absolute Gasteiger partial charge is 0.0716 e. The fourth-order valence-corrected chi connectivity index (χ4v) is 2.83. The minimum Gasteiger partial charge on any atom is -0.253 e. The van der Waals surface area contributed by atoms with E-state index in [1.54, 1.807) is 0 Å². The van der Waals surface area contributed by atoms with Gasteiger partial charge in [-0.3, -0.25) is 4.98 Å². The average molecular weight is 312 g/mol. The molecule has 1 aromatic heterocycles. The molecule has 0 atom stereocenters. The molecule has 1 heterocycles. The van der Waals surface area contributed by atoms with Crippen LogP contribution >= 0.6 is 15.9 Å². The summed E-state index contributed by atoms with van der Waals surface area (Å²) in [6, 6.07) is 20.9. The summed E-state index contributed by atoms with van der Waals surface area (Å²) in [5.41, 5.74) is 3.54. The van der Waals surface area contributed by atoms with E-state index >= 15 is 0 Å². The van der Waals surface area contributed by atoms with Crippen molar-refractivity contribution >= 4 is 26.8 Å². The van der Waals surface area contributed by atoms with Crippen molar-refractivity contribution in [3.63, 3.8) is 0 Å². The summed E-state index contributed by atoms with van der Waals surface area (Å²) < 4.78 is 1.13. The van der Waals surface area contributed by atoms with Gasteiger partial charge in [-0.15, -0.1) is 0 Å². The van der Waals surface area contributed by atoms with Gasteiger partial charge in [-0.2, -0.15) is 0 Å². The highest BCUT2D eigenvalue weighted by atomic mass is 79.9. The summed E-state index contributed by atoms with van der Waals surface area (Å²) >= 11 is 3.63. The molecule has 3 rings (SSSR count). The first-order chi connectivity index (χ1) is 9.33. The molecule has 3 aromatic rings. The summed E-state index contributed by atoms with van der Waals surface area (Å²) in [4.78, 5) is 4.72. The number of benzene rings is 2. The summed E-state index contributed by atoms with van der Waals surface area (Å²) in [7, 11) is 0. The second-order valence-electron chi connectivity index (χ2n) is 4.60. The lowest BCUT2D eigenvalue weighted by atomic mass is 10.1. The van der Waals surface area contributed by atoms with Crippen molar-refractivity contribution in [2.45, 2.75) is 12.8 Å². The largest absolute Gasteiger partial charge is 0.253 e. The van der Waals surface area contributed by atoms with Gasteiger partial charge in [-0.1, -0.05) is 64.5 Å². The molecule has 0 aliphatic rings. The number of hydrogen-bond donors (Lipinski definition) is 0. The Morgan fingerprint density at radius 1 is 0.842 bits per heavy atom. The maximum absolute atomic E-state index is 4.72. The van der Waals surface area contributed by atoms with Gasteiger partial charge in [-0.05, 0) is 30.5 Å². The Morgan fingerprint density at radius 3 is 2.42 bits per heavy atom. The van der Waals surface area contributed by atoms with Gasteiger partial charge in [-0.25, -0.2) is 0 Å². The maximum atomic E-state index is 4.72.